The van der Waals surface area contributed by atoms with Crippen molar-refractivity contribution in [1.29, 1.82) is 0 Å². The largest absolute Gasteiger partial charge is 0.508 e. The van der Waals surface area contributed by atoms with Crippen molar-refractivity contribution in [2.45, 2.75) is 40.0 Å². The first-order chi connectivity index (χ1) is 10.6. The molecule has 0 heterocycles. The fraction of sp³-hybridized carbons (Fsp3) is 0.600. The smallest absolute Gasteiger partial charge is 0.115 e. The Morgan fingerprint density at radius 3 is 1.09 bits per heavy atom. The summed E-state index contributed by atoms with van der Waals surface area (Å²) in [7, 11) is 0. The van der Waals surface area contributed by atoms with Crippen LogP contribution in [0.2, 0.25) is 0 Å². The summed E-state index contributed by atoms with van der Waals surface area (Å²) in [4.78, 5) is 11.1. The molecular weight excluding hydrogens is 340 g/mol. The Hall–Kier alpha value is -0.506. The SMILES string of the molecule is CCCOO.CCCOO.CCCOO.Oc1ccccc1.[Ti]. The molecule has 7 nitrogen and oxygen atoms in total. The first-order valence-corrected chi connectivity index (χ1v) is 7.17. The molecule has 0 radical (unpaired) electrons. The van der Waals surface area contributed by atoms with E-state index in [0.717, 1.165) is 19.3 Å². The van der Waals surface area contributed by atoms with Gasteiger partial charge in [-0.2, -0.15) is 0 Å². The van der Waals surface area contributed by atoms with E-state index in [1.165, 1.54) is 0 Å². The number of aromatic hydroxyl groups is 1. The maximum Gasteiger partial charge on any atom is 0.115 e. The standard InChI is InChI=1S/C6H6O.3C3H8O2.Ti/c7-6-4-2-1-3-5-6;3*1-2-3-5-4;/h1-5,7H;3*4H,2-3H2,1H3;. The van der Waals surface area contributed by atoms with Gasteiger partial charge in [0.25, 0.3) is 0 Å². The van der Waals surface area contributed by atoms with Crippen molar-refractivity contribution in [2.75, 3.05) is 19.8 Å². The minimum atomic E-state index is 0. The van der Waals surface area contributed by atoms with Crippen LogP contribution >= 0.6 is 0 Å². The molecule has 0 unspecified atom stereocenters. The second kappa shape index (κ2) is 33.2. The van der Waals surface area contributed by atoms with Gasteiger partial charge in [-0.1, -0.05) is 39.0 Å². The fourth-order valence-corrected chi connectivity index (χ4v) is 0.702. The first-order valence-electron chi connectivity index (χ1n) is 7.17. The summed E-state index contributed by atoms with van der Waals surface area (Å²) in [5.74, 6) is 0.322. The molecule has 1 aromatic carbocycles. The van der Waals surface area contributed by atoms with Crippen molar-refractivity contribution in [1.82, 2.24) is 0 Å². The summed E-state index contributed by atoms with van der Waals surface area (Å²) in [6.07, 6.45) is 2.61. The molecule has 0 fully saturated rings. The molecule has 4 N–H and O–H groups in total. The summed E-state index contributed by atoms with van der Waals surface area (Å²) in [6, 6.07) is 8.71. The first kappa shape index (κ1) is 30.4. The molecule has 0 aliphatic heterocycles. The number of benzene rings is 1. The van der Waals surface area contributed by atoms with Gasteiger partial charge in [-0.3, -0.25) is 15.8 Å². The summed E-state index contributed by atoms with van der Waals surface area (Å²) in [6.45, 7) is 7.11. The summed E-state index contributed by atoms with van der Waals surface area (Å²) in [5.41, 5.74) is 0. The fourth-order valence-electron chi connectivity index (χ4n) is 0.702. The molecule has 8 heteroatoms. The van der Waals surface area contributed by atoms with E-state index in [1.54, 1.807) is 24.3 Å². The van der Waals surface area contributed by atoms with Gasteiger partial charge in [0.05, 0.1) is 19.8 Å². The number of phenolic OH excluding ortho intramolecular Hbond substituents is 1. The minimum Gasteiger partial charge on any atom is -0.508 e. The van der Waals surface area contributed by atoms with Crippen molar-refractivity contribution >= 4 is 0 Å². The van der Waals surface area contributed by atoms with Crippen LogP contribution in [0.3, 0.4) is 0 Å². The van der Waals surface area contributed by atoms with Gasteiger partial charge >= 0.3 is 0 Å². The van der Waals surface area contributed by atoms with Crippen molar-refractivity contribution in [3.05, 3.63) is 30.3 Å². The van der Waals surface area contributed by atoms with Gasteiger partial charge in [-0.25, -0.2) is 14.7 Å². The molecule has 0 aliphatic carbocycles. The molecule has 0 spiro atoms. The van der Waals surface area contributed by atoms with Crippen molar-refractivity contribution in [3.63, 3.8) is 0 Å². The van der Waals surface area contributed by atoms with Crippen LogP contribution in [0.1, 0.15) is 40.0 Å². The van der Waals surface area contributed by atoms with Crippen LogP contribution in [-0.4, -0.2) is 40.7 Å². The van der Waals surface area contributed by atoms with Gasteiger partial charge in [0, 0.05) is 21.7 Å². The van der Waals surface area contributed by atoms with Crippen LogP contribution in [0.15, 0.2) is 30.3 Å². The van der Waals surface area contributed by atoms with E-state index in [0.29, 0.717) is 25.6 Å². The van der Waals surface area contributed by atoms with Crippen molar-refractivity contribution in [3.8, 4) is 5.75 Å². The maximum absolute atomic E-state index is 8.63. The monoisotopic (exact) mass is 370 g/mol. The zero-order valence-corrected chi connectivity index (χ0v) is 15.7. The van der Waals surface area contributed by atoms with Gasteiger partial charge < -0.3 is 5.11 Å². The van der Waals surface area contributed by atoms with Crippen LogP contribution in [0.5, 0.6) is 5.75 Å². The average molecular weight is 370 g/mol. The van der Waals surface area contributed by atoms with Gasteiger partial charge in [-0.05, 0) is 31.4 Å². The topological polar surface area (TPSA) is 109 Å². The third-order valence-electron chi connectivity index (χ3n) is 1.64. The summed E-state index contributed by atoms with van der Waals surface area (Å²) < 4.78 is 0. The van der Waals surface area contributed by atoms with E-state index in [4.69, 9.17) is 20.9 Å². The molecular formula is C15H30O7Ti. The molecule has 23 heavy (non-hydrogen) atoms. The van der Waals surface area contributed by atoms with Crippen LogP contribution in [-0.2, 0) is 36.4 Å². The molecule has 0 aromatic heterocycles. The summed E-state index contributed by atoms with van der Waals surface area (Å²) >= 11 is 0. The van der Waals surface area contributed by atoms with E-state index in [9.17, 15) is 0 Å². The third kappa shape index (κ3) is 44.9. The number of rotatable bonds is 6. The second-order valence-electron chi connectivity index (χ2n) is 3.84. The molecule has 0 saturated heterocycles. The minimum absolute atomic E-state index is 0. The van der Waals surface area contributed by atoms with Gasteiger partial charge in [0.1, 0.15) is 5.75 Å². The normalized spacial score (nSPS) is 8.09. The molecule has 0 amide bonds. The third-order valence-corrected chi connectivity index (χ3v) is 1.64. The summed E-state index contributed by atoms with van der Waals surface area (Å²) in [5, 5.41) is 31.3. The molecule has 0 aliphatic rings. The molecule has 136 valence electrons. The molecule has 1 aromatic rings. The van der Waals surface area contributed by atoms with E-state index in [-0.39, 0.29) is 21.7 Å². The second-order valence-corrected chi connectivity index (χ2v) is 3.84. The Labute approximate surface area is 153 Å². The Kier molecular flexibility index (Phi) is 43.8. The molecule has 1 rings (SSSR count). The zero-order valence-electron chi connectivity index (χ0n) is 14.1. The van der Waals surface area contributed by atoms with Crippen molar-refractivity contribution < 1.29 is 57.3 Å². The molecule has 0 bridgehead atoms. The average Bonchev–Trinajstić information content (AvgIpc) is 2.52. The quantitative estimate of drug-likeness (QED) is 0.340. The predicted octanol–water partition coefficient (Wildman–Crippen LogP) is 4.05. The Balaban J connectivity index is -0.000000105. The van der Waals surface area contributed by atoms with Crippen molar-refractivity contribution in [2.24, 2.45) is 0 Å². The van der Waals surface area contributed by atoms with Crippen LogP contribution in [0, 0.1) is 0 Å². The number of hydrogen-bond acceptors (Lipinski definition) is 7. The van der Waals surface area contributed by atoms with E-state index < -0.39 is 0 Å². The number of para-hydroxylation sites is 1. The number of hydrogen-bond donors (Lipinski definition) is 4. The van der Waals surface area contributed by atoms with E-state index in [2.05, 4.69) is 14.7 Å². The predicted molar refractivity (Wildman–Crippen MR) is 84.7 cm³/mol. The molecule has 0 saturated carbocycles. The Morgan fingerprint density at radius 1 is 0.696 bits per heavy atom. The van der Waals surface area contributed by atoms with Gasteiger partial charge in [-0.15, -0.1) is 0 Å². The van der Waals surface area contributed by atoms with Crippen LogP contribution < -0.4 is 0 Å². The van der Waals surface area contributed by atoms with Crippen LogP contribution in [0.4, 0.5) is 0 Å². The van der Waals surface area contributed by atoms with E-state index >= 15 is 0 Å². The zero-order chi connectivity index (χ0) is 17.5. The molecule has 0 atom stereocenters. The maximum atomic E-state index is 8.63. The Morgan fingerprint density at radius 2 is 1.00 bits per heavy atom. The van der Waals surface area contributed by atoms with Gasteiger partial charge in [0.15, 0.2) is 0 Å². The Bertz CT molecular complexity index is 243. The number of phenols is 1. The van der Waals surface area contributed by atoms with Crippen LogP contribution in [0.25, 0.3) is 0 Å². The van der Waals surface area contributed by atoms with Gasteiger partial charge in [0.2, 0.25) is 0 Å². The van der Waals surface area contributed by atoms with E-state index in [1.807, 2.05) is 26.8 Å².